The van der Waals surface area contributed by atoms with Crippen molar-refractivity contribution in [1.82, 2.24) is 4.98 Å². The number of allylic oxidation sites excluding steroid dienone is 1. The lowest BCUT2D eigenvalue weighted by molar-refractivity contribution is -0.116. The Morgan fingerprint density at radius 1 is 1.30 bits per heavy atom. The van der Waals surface area contributed by atoms with E-state index in [0.717, 1.165) is 21.0 Å². The number of hydrogen-bond donors (Lipinski definition) is 1. The second kappa shape index (κ2) is 5.43. The minimum absolute atomic E-state index is 0.0201. The Labute approximate surface area is 121 Å². The molecule has 3 nitrogen and oxygen atoms in total. The Balaban J connectivity index is 1.96. The largest absolute Gasteiger partial charge is 0.302 e. The predicted octanol–water partition coefficient (Wildman–Crippen LogP) is 4.35. The summed E-state index contributed by atoms with van der Waals surface area (Å²) in [7, 11) is 0. The highest BCUT2D eigenvalue weighted by Gasteiger charge is 2.09. The van der Waals surface area contributed by atoms with Crippen molar-refractivity contribution in [1.29, 1.82) is 0 Å². The van der Waals surface area contributed by atoms with Gasteiger partial charge in [-0.25, -0.2) is 4.98 Å². The van der Waals surface area contributed by atoms with Crippen molar-refractivity contribution in [3.05, 3.63) is 49.1 Å². The number of fused-ring (bicyclic) bond motifs is 3. The third-order valence-electron chi connectivity index (χ3n) is 3.11. The fourth-order valence-electron chi connectivity index (χ4n) is 2.13. The summed E-state index contributed by atoms with van der Waals surface area (Å²) in [5, 5.41) is 5.79. The summed E-state index contributed by atoms with van der Waals surface area (Å²) in [6.07, 6.45) is 2.87. The number of rotatable bonds is 4. The topological polar surface area (TPSA) is 42.0 Å². The van der Waals surface area contributed by atoms with Gasteiger partial charge < -0.3 is 5.32 Å². The first-order valence-electron chi connectivity index (χ1n) is 6.47. The summed E-state index contributed by atoms with van der Waals surface area (Å²) in [5.74, 6) is -0.0201. The number of hydrogen-bond acceptors (Lipinski definition) is 3. The molecule has 0 fully saturated rings. The zero-order valence-corrected chi connectivity index (χ0v) is 11.7. The molecule has 0 saturated heterocycles. The predicted molar refractivity (Wildman–Crippen MR) is 85.2 cm³/mol. The lowest BCUT2D eigenvalue weighted by Gasteiger charge is -1.98. The first-order valence-corrected chi connectivity index (χ1v) is 7.28. The van der Waals surface area contributed by atoms with E-state index < -0.39 is 0 Å². The fourth-order valence-corrected chi connectivity index (χ4v) is 3.03. The molecule has 2 aromatic carbocycles. The highest BCUT2D eigenvalue weighted by molar-refractivity contribution is 7.22. The van der Waals surface area contributed by atoms with E-state index in [2.05, 4.69) is 41.1 Å². The third-order valence-corrected chi connectivity index (χ3v) is 4.04. The van der Waals surface area contributed by atoms with Crippen LogP contribution in [-0.2, 0) is 4.79 Å². The van der Waals surface area contributed by atoms with Gasteiger partial charge in [-0.05, 0) is 17.9 Å². The second-order valence-corrected chi connectivity index (χ2v) is 5.56. The quantitative estimate of drug-likeness (QED) is 0.723. The number of carbonyl (C=O) groups excluding carboxylic acids is 1. The highest BCUT2D eigenvalue weighted by Crippen LogP contribution is 2.31. The first kappa shape index (κ1) is 12.8. The maximum Gasteiger partial charge on any atom is 0.226 e. The van der Waals surface area contributed by atoms with Crippen LogP contribution in [0.3, 0.4) is 0 Å². The van der Waals surface area contributed by atoms with E-state index in [9.17, 15) is 4.79 Å². The van der Waals surface area contributed by atoms with E-state index in [1.807, 2.05) is 12.1 Å². The summed E-state index contributed by atoms with van der Waals surface area (Å²) < 4.78 is 1.09. The first-order chi connectivity index (χ1) is 9.78. The van der Waals surface area contributed by atoms with E-state index in [1.54, 1.807) is 6.08 Å². The molecular weight excluding hydrogens is 268 g/mol. The van der Waals surface area contributed by atoms with Gasteiger partial charge >= 0.3 is 0 Å². The molecule has 20 heavy (non-hydrogen) atoms. The van der Waals surface area contributed by atoms with Crippen molar-refractivity contribution < 1.29 is 4.79 Å². The number of nitrogens with zero attached hydrogens (tertiary/aromatic N) is 1. The molecular formula is C16H14N2OS. The molecule has 1 N–H and O–H groups in total. The summed E-state index contributed by atoms with van der Waals surface area (Å²) in [6, 6.07) is 12.3. The third kappa shape index (κ3) is 2.42. The number of benzene rings is 2. The van der Waals surface area contributed by atoms with Gasteiger partial charge in [0.25, 0.3) is 0 Å². The van der Waals surface area contributed by atoms with Gasteiger partial charge in [0.15, 0.2) is 5.13 Å². The molecule has 0 radical (unpaired) electrons. The molecule has 3 aromatic rings. The number of anilines is 1. The summed E-state index contributed by atoms with van der Waals surface area (Å²) >= 11 is 1.51. The molecule has 0 bridgehead atoms. The number of nitrogens with one attached hydrogen (secondary N) is 1. The van der Waals surface area contributed by atoms with Crippen LogP contribution in [0, 0.1) is 0 Å². The van der Waals surface area contributed by atoms with E-state index in [1.165, 1.54) is 11.3 Å². The van der Waals surface area contributed by atoms with Gasteiger partial charge in [-0.2, -0.15) is 0 Å². The molecule has 3 rings (SSSR count). The Kier molecular flexibility index (Phi) is 3.48. The zero-order chi connectivity index (χ0) is 13.9. The molecule has 1 heterocycles. The van der Waals surface area contributed by atoms with Gasteiger partial charge in [0.2, 0.25) is 5.91 Å². The zero-order valence-electron chi connectivity index (χ0n) is 10.9. The van der Waals surface area contributed by atoms with Crippen molar-refractivity contribution in [2.24, 2.45) is 0 Å². The summed E-state index contributed by atoms with van der Waals surface area (Å²) in [5.41, 5.74) is 0.951. The maximum absolute atomic E-state index is 11.7. The van der Waals surface area contributed by atoms with Gasteiger partial charge in [-0.1, -0.05) is 47.7 Å². The minimum atomic E-state index is -0.0201. The van der Waals surface area contributed by atoms with Crippen LogP contribution < -0.4 is 5.32 Å². The Morgan fingerprint density at radius 3 is 3.00 bits per heavy atom. The number of aromatic nitrogens is 1. The number of carbonyl (C=O) groups is 1. The van der Waals surface area contributed by atoms with Crippen molar-refractivity contribution in [3.63, 3.8) is 0 Å². The lowest BCUT2D eigenvalue weighted by atomic mass is 10.1. The molecule has 0 atom stereocenters. The molecule has 0 aliphatic rings. The highest BCUT2D eigenvalue weighted by atomic mass is 32.1. The average molecular weight is 282 g/mol. The molecule has 1 amide bonds. The molecule has 1 aromatic heterocycles. The normalized spacial score (nSPS) is 10.8. The Bertz CT molecular complexity index is 791. The van der Waals surface area contributed by atoms with Gasteiger partial charge in [-0.15, -0.1) is 6.58 Å². The number of amides is 1. The van der Waals surface area contributed by atoms with E-state index in [-0.39, 0.29) is 5.91 Å². The fraction of sp³-hybridized carbons (Fsp3) is 0.125. The lowest BCUT2D eigenvalue weighted by Crippen LogP contribution is -2.10. The Morgan fingerprint density at radius 2 is 2.15 bits per heavy atom. The van der Waals surface area contributed by atoms with Gasteiger partial charge in [0.05, 0.1) is 10.2 Å². The standard InChI is InChI=1S/C16H14N2OS/c1-2-3-8-14(19)17-16-18-15-12-7-5-4-6-11(12)9-10-13(15)20-16/h2,4-7,9-10H,1,3,8H2,(H,17,18,19). The van der Waals surface area contributed by atoms with Gasteiger partial charge in [0, 0.05) is 11.8 Å². The molecule has 0 unspecified atom stereocenters. The van der Waals surface area contributed by atoms with E-state index in [0.29, 0.717) is 18.0 Å². The second-order valence-electron chi connectivity index (χ2n) is 4.53. The van der Waals surface area contributed by atoms with E-state index >= 15 is 0 Å². The van der Waals surface area contributed by atoms with Crippen LogP contribution >= 0.6 is 11.3 Å². The van der Waals surface area contributed by atoms with Crippen LogP contribution in [0.5, 0.6) is 0 Å². The van der Waals surface area contributed by atoms with Crippen LogP contribution in [-0.4, -0.2) is 10.9 Å². The van der Waals surface area contributed by atoms with Gasteiger partial charge in [0.1, 0.15) is 0 Å². The van der Waals surface area contributed by atoms with E-state index in [4.69, 9.17) is 0 Å². The summed E-state index contributed by atoms with van der Waals surface area (Å²) in [4.78, 5) is 16.3. The molecule has 4 heteroatoms. The molecule has 0 saturated carbocycles. The minimum Gasteiger partial charge on any atom is -0.302 e. The average Bonchev–Trinajstić information content (AvgIpc) is 2.88. The van der Waals surface area contributed by atoms with Crippen LogP contribution in [0.4, 0.5) is 5.13 Å². The van der Waals surface area contributed by atoms with Crippen LogP contribution in [0.2, 0.25) is 0 Å². The van der Waals surface area contributed by atoms with Crippen molar-refractivity contribution in [3.8, 4) is 0 Å². The maximum atomic E-state index is 11.7. The Hall–Kier alpha value is -2.20. The molecule has 0 aliphatic carbocycles. The van der Waals surface area contributed by atoms with Crippen molar-refractivity contribution in [2.75, 3.05) is 5.32 Å². The smallest absolute Gasteiger partial charge is 0.226 e. The summed E-state index contributed by atoms with van der Waals surface area (Å²) in [6.45, 7) is 3.62. The molecule has 0 aliphatic heterocycles. The molecule has 100 valence electrons. The SMILES string of the molecule is C=CCCC(=O)Nc1nc2c(ccc3ccccc32)s1. The van der Waals surface area contributed by atoms with Crippen LogP contribution in [0.25, 0.3) is 21.0 Å². The monoisotopic (exact) mass is 282 g/mol. The van der Waals surface area contributed by atoms with Crippen LogP contribution in [0.1, 0.15) is 12.8 Å². The van der Waals surface area contributed by atoms with Crippen molar-refractivity contribution in [2.45, 2.75) is 12.8 Å². The van der Waals surface area contributed by atoms with Crippen molar-refractivity contribution >= 4 is 43.4 Å². The van der Waals surface area contributed by atoms with Gasteiger partial charge in [-0.3, -0.25) is 4.79 Å². The molecule has 0 spiro atoms. The van der Waals surface area contributed by atoms with Crippen LogP contribution in [0.15, 0.2) is 49.1 Å². The number of thiazole rings is 1.